The van der Waals surface area contributed by atoms with Gasteiger partial charge in [-0.2, -0.15) is 0 Å². The van der Waals surface area contributed by atoms with Gasteiger partial charge in [0.2, 0.25) is 0 Å². The van der Waals surface area contributed by atoms with Gasteiger partial charge >= 0.3 is 5.97 Å². The van der Waals surface area contributed by atoms with Crippen molar-refractivity contribution < 1.29 is 9.53 Å². The summed E-state index contributed by atoms with van der Waals surface area (Å²) in [5.41, 5.74) is 0.254. The molecular weight excluding hydrogens is 226 g/mol. The first-order valence-electron chi connectivity index (χ1n) is 6.13. The number of nitrogens with zero attached hydrogens (tertiary/aromatic N) is 1. The first-order valence-corrected chi connectivity index (χ1v) is 6.13. The second kappa shape index (κ2) is 5.17. The fourth-order valence-corrected chi connectivity index (χ4v) is 1.98. The molecule has 0 bridgehead atoms. The molecule has 0 heterocycles. The van der Waals surface area contributed by atoms with Crippen LogP contribution in [0.2, 0.25) is 0 Å². The molecule has 0 saturated heterocycles. The monoisotopic (exact) mass is 243 g/mol. The number of benzene rings is 1. The number of ether oxygens (including phenoxy) is 1. The number of hydrogen-bond donors (Lipinski definition) is 0. The normalized spacial score (nSPS) is 25.9. The minimum Gasteiger partial charge on any atom is -0.464 e. The Labute approximate surface area is 107 Å². The van der Waals surface area contributed by atoms with Crippen molar-refractivity contribution in [2.45, 2.75) is 18.9 Å². The molecule has 0 aromatic heterocycles. The maximum Gasteiger partial charge on any atom is 0.334 e. The van der Waals surface area contributed by atoms with E-state index in [1.165, 1.54) is 0 Å². The van der Waals surface area contributed by atoms with Crippen molar-refractivity contribution in [3.8, 4) is 0 Å². The molecule has 0 spiro atoms. The van der Waals surface area contributed by atoms with Gasteiger partial charge in [0.25, 0.3) is 0 Å². The van der Waals surface area contributed by atoms with Gasteiger partial charge in [0.1, 0.15) is 0 Å². The molecule has 1 aliphatic rings. The number of carbonyl (C=O) groups is 1. The van der Waals surface area contributed by atoms with Crippen LogP contribution in [0.15, 0.2) is 48.0 Å². The highest BCUT2D eigenvalue weighted by atomic mass is 16.5. The van der Waals surface area contributed by atoms with Gasteiger partial charge in [-0.25, -0.2) is 4.79 Å². The molecule has 3 heteroatoms. The highest BCUT2D eigenvalue weighted by Gasteiger charge is 2.60. The molecule has 2 rings (SSSR count). The molecule has 1 aromatic rings. The highest BCUT2D eigenvalue weighted by Crippen LogP contribution is 2.48. The summed E-state index contributed by atoms with van der Waals surface area (Å²) in [5, 5.41) is 0. The predicted octanol–water partition coefficient (Wildman–Crippen LogP) is 2.61. The summed E-state index contributed by atoms with van der Waals surface area (Å²) < 4.78 is 5.09. The number of aliphatic imine (C=N–C) groups is 1. The minimum atomic E-state index is -0.729. The molecule has 94 valence electrons. The lowest BCUT2D eigenvalue weighted by Gasteiger charge is -2.09. The van der Waals surface area contributed by atoms with Gasteiger partial charge in [-0.3, -0.25) is 4.99 Å². The second-order valence-corrected chi connectivity index (χ2v) is 4.36. The second-order valence-electron chi connectivity index (χ2n) is 4.36. The third kappa shape index (κ3) is 2.35. The van der Waals surface area contributed by atoms with Crippen LogP contribution in [-0.2, 0) is 9.53 Å². The smallest absolute Gasteiger partial charge is 0.334 e. The van der Waals surface area contributed by atoms with Crippen LogP contribution in [0.5, 0.6) is 0 Å². The number of hydrogen-bond acceptors (Lipinski definition) is 3. The molecule has 2 atom stereocenters. The van der Waals surface area contributed by atoms with E-state index in [-0.39, 0.29) is 11.9 Å². The molecule has 1 aliphatic carbocycles. The minimum absolute atomic E-state index is 0.0940. The quantitative estimate of drug-likeness (QED) is 0.453. The summed E-state index contributed by atoms with van der Waals surface area (Å²) in [6, 6.07) is 9.73. The average Bonchev–Trinajstić information content (AvgIpc) is 3.13. The number of carbonyl (C=O) groups excluding carboxylic acids is 1. The Morgan fingerprint density at radius 1 is 1.56 bits per heavy atom. The van der Waals surface area contributed by atoms with E-state index in [0.717, 1.165) is 5.56 Å². The van der Waals surface area contributed by atoms with Gasteiger partial charge in [-0.1, -0.05) is 36.4 Å². The summed E-state index contributed by atoms with van der Waals surface area (Å²) in [6.07, 6.45) is 4.21. The van der Waals surface area contributed by atoms with E-state index >= 15 is 0 Å². The predicted molar refractivity (Wildman–Crippen MR) is 71.7 cm³/mol. The topological polar surface area (TPSA) is 38.7 Å². The van der Waals surface area contributed by atoms with Gasteiger partial charge in [-0.05, 0) is 18.9 Å². The van der Waals surface area contributed by atoms with E-state index in [1.54, 1.807) is 19.2 Å². The van der Waals surface area contributed by atoms with E-state index in [9.17, 15) is 4.79 Å². The average molecular weight is 243 g/mol. The van der Waals surface area contributed by atoms with E-state index in [1.807, 2.05) is 30.3 Å². The van der Waals surface area contributed by atoms with Crippen LogP contribution in [0.3, 0.4) is 0 Å². The summed E-state index contributed by atoms with van der Waals surface area (Å²) in [6.45, 7) is 5.92. The molecule has 18 heavy (non-hydrogen) atoms. The molecule has 0 amide bonds. The SMILES string of the molecule is C=C[C@@H]1C[C@@]1(N=Cc1ccccc1)C(=O)OCC. The first kappa shape index (κ1) is 12.6. The molecule has 3 nitrogen and oxygen atoms in total. The zero-order valence-corrected chi connectivity index (χ0v) is 10.5. The van der Waals surface area contributed by atoms with E-state index in [2.05, 4.69) is 11.6 Å². The molecule has 0 N–H and O–H groups in total. The Kier molecular flexibility index (Phi) is 3.60. The van der Waals surface area contributed by atoms with Crippen LogP contribution in [0.1, 0.15) is 18.9 Å². The van der Waals surface area contributed by atoms with Crippen molar-refractivity contribution in [2.75, 3.05) is 6.61 Å². The summed E-state index contributed by atoms with van der Waals surface area (Å²) in [7, 11) is 0. The lowest BCUT2D eigenvalue weighted by Crippen LogP contribution is -2.25. The number of rotatable bonds is 5. The maximum atomic E-state index is 11.9. The highest BCUT2D eigenvalue weighted by molar-refractivity contribution is 5.90. The van der Waals surface area contributed by atoms with E-state index < -0.39 is 5.54 Å². The van der Waals surface area contributed by atoms with Gasteiger partial charge in [0.15, 0.2) is 5.54 Å². The molecule has 1 fully saturated rings. The Balaban J connectivity index is 2.16. The zero-order valence-electron chi connectivity index (χ0n) is 10.5. The van der Waals surface area contributed by atoms with E-state index in [0.29, 0.717) is 13.0 Å². The summed E-state index contributed by atoms with van der Waals surface area (Å²) in [4.78, 5) is 16.4. The van der Waals surface area contributed by atoms with Crippen molar-refractivity contribution in [1.29, 1.82) is 0 Å². The van der Waals surface area contributed by atoms with Crippen LogP contribution in [0, 0.1) is 5.92 Å². The zero-order chi connectivity index (χ0) is 13.0. The standard InChI is InChI=1S/C15H17NO2/c1-3-13-10-15(13,14(17)18-4-2)16-11-12-8-6-5-7-9-12/h3,5-9,11,13H,1,4,10H2,2H3/t13-,15+/m1/s1. The number of esters is 1. The molecule has 0 aliphatic heterocycles. The van der Waals surface area contributed by atoms with Gasteiger partial charge in [0, 0.05) is 12.1 Å². The van der Waals surface area contributed by atoms with E-state index in [4.69, 9.17) is 4.74 Å². The third-order valence-electron chi connectivity index (χ3n) is 3.14. The Bertz CT molecular complexity index is 467. The van der Waals surface area contributed by atoms with Crippen molar-refractivity contribution in [2.24, 2.45) is 10.9 Å². The maximum absolute atomic E-state index is 11.9. The summed E-state index contributed by atoms with van der Waals surface area (Å²) in [5.74, 6) is -0.154. The lowest BCUT2D eigenvalue weighted by atomic mass is 10.2. The lowest BCUT2D eigenvalue weighted by molar-refractivity contribution is -0.146. The Morgan fingerprint density at radius 3 is 2.83 bits per heavy atom. The van der Waals surface area contributed by atoms with Gasteiger partial charge in [0.05, 0.1) is 6.61 Å². The van der Waals surface area contributed by atoms with Crippen LogP contribution < -0.4 is 0 Å². The third-order valence-corrected chi connectivity index (χ3v) is 3.14. The Morgan fingerprint density at radius 2 is 2.28 bits per heavy atom. The van der Waals surface area contributed by atoms with Crippen molar-refractivity contribution in [3.63, 3.8) is 0 Å². The summed E-state index contributed by atoms with van der Waals surface area (Å²) >= 11 is 0. The van der Waals surface area contributed by atoms with Crippen LogP contribution in [-0.4, -0.2) is 24.3 Å². The fraction of sp³-hybridized carbons (Fsp3) is 0.333. The molecule has 0 unspecified atom stereocenters. The first-order chi connectivity index (χ1) is 8.73. The molecule has 0 radical (unpaired) electrons. The molecule has 1 aromatic carbocycles. The van der Waals surface area contributed by atoms with Crippen molar-refractivity contribution >= 4 is 12.2 Å². The van der Waals surface area contributed by atoms with Crippen molar-refractivity contribution in [3.05, 3.63) is 48.6 Å². The van der Waals surface area contributed by atoms with Crippen LogP contribution in [0.25, 0.3) is 0 Å². The van der Waals surface area contributed by atoms with Gasteiger partial charge in [-0.15, -0.1) is 6.58 Å². The fourth-order valence-electron chi connectivity index (χ4n) is 1.98. The molecule has 1 saturated carbocycles. The van der Waals surface area contributed by atoms with Gasteiger partial charge < -0.3 is 4.74 Å². The Hall–Kier alpha value is -1.90. The molecular formula is C15H17NO2. The largest absolute Gasteiger partial charge is 0.464 e. The van der Waals surface area contributed by atoms with Crippen LogP contribution >= 0.6 is 0 Å². The van der Waals surface area contributed by atoms with Crippen LogP contribution in [0.4, 0.5) is 0 Å². The van der Waals surface area contributed by atoms with Crippen molar-refractivity contribution in [1.82, 2.24) is 0 Å².